The number of rotatable bonds is 9. The van der Waals surface area contributed by atoms with Crippen molar-refractivity contribution >= 4 is 22.8 Å². The minimum atomic E-state index is -1.04. The Labute approximate surface area is 102 Å². The van der Waals surface area contributed by atoms with Crippen molar-refractivity contribution in [1.82, 2.24) is 10.6 Å². The molecule has 0 saturated carbocycles. The van der Waals surface area contributed by atoms with Gasteiger partial charge in [-0.2, -0.15) is 0 Å². The molecule has 0 aliphatic carbocycles. The lowest BCUT2D eigenvalue weighted by molar-refractivity contribution is -0.142. The van der Waals surface area contributed by atoms with Crippen molar-refractivity contribution in [3.63, 3.8) is 0 Å². The summed E-state index contributed by atoms with van der Waals surface area (Å²) < 4.78 is 15.4. The Bertz CT molecular complexity index is 272. The van der Waals surface area contributed by atoms with E-state index in [0.717, 1.165) is 0 Å². The van der Waals surface area contributed by atoms with Gasteiger partial charge in [-0.15, -0.1) is 0 Å². The first-order chi connectivity index (χ1) is 8.02. The van der Waals surface area contributed by atoms with Gasteiger partial charge in [0, 0.05) is 35.9 Å². The van der Waals surface area contributed by atoms with Crippen LogP contribution in [-0.2, 0) is 20.3 Å². The molecule has 2 amide bonds. The quantitative estimate of drug-likeness (QED) is 0.472. The van der Waals surface area contributed by atoms with Crippen LogP contribution in [0.15, 0.2) is 0 Å². The first kappa shape index (κ1) is 15.9. The molecule has 0 rings (SSSR count). The van der Waals surface area contributed by atoms with E-state index in [1.54, 1.807) is 6.26 Å². The van der Waals surface area contributed by atoms with Gasteiger partial charge in [0.15, 0.2) is 0 Å². The number of hydrogen-bond acceptors (Lipinski definition) is 4. The zero-order valence-corrected chi connectivity index (χ0v) is 10.5. The number of nitrogens with one attached hydrogen (secondary N) is 2. The summed E-state index contributed by atoms with van der Waals surface area (Å²) in [5.41, 5.74) is 0. The Hall–Kier alpha value is -1.15. The lowest BCUT2D eigenvalue weighted by Crippen LogP contribution is -2.38. The van der Waals surface area contributed by atoms with Gasteiger partial charge in [0.1, 0.15) is 6.61 Å². The summed E-state index contributed by atoms with van der Waals surface area (Å²) in [6.45, 7) is 0.491. The zero-order chi connectivity index (χ0) is 13.1. The molecule has 1 atom stereocenters. The molecule has 100 valence electrons. The van der Waals surface area contributed by atoms with Crippen LogP contribution in [0.25, 0.3) is 0 Å². The van der Waals surface area contributed by atoms with Gasteiger partial charge in [-0.3, -0.25) is 4.21 Å². The molecule has 0 heterocycles. The fourth-order valence-corrected chi connectivity index (χ4v) is 1.49. The maximum Gasteiger partial charge on any atom is 0.329 e. The second-order valence-electron chi connectivity index (χ2n) is 3.26. The summed E-state index contributed by atoms with van der Waals surface area (Å²) in [5.74, 6) is -0.482. The van der Waals surface area contributed by atoms with E-state index in [4.69, 9.17) is 9.84 Å². The molecule has 0 fully saturated rings. The fourth-order valence-electron chi connectivity index (χ4n) is 0.936. The van der Waals surface area contributed by atoms with E-state index in [2.05, 4.69) is 10.6 Å². The van der Waals surface area contributed by atoms with Gasteiger partial charge in [-0.05, 0) is 6.42 Å². The molecule has 0 aromatic carbocycles. The lowest BCUT2D eigenvalue weighted by Gasteiger charge is -2.06. The number of urea groups is 1. The predicted octanol–water partition coefficient (Wildman–Crippen LogP) is -0.845. The number of carbonyl (C=O) groups is 2. The summed E-state index contributed by atoms with van der Waals surface area (Å²) in [5, 5.41) is 13.3. The van der Waals surface area contributed by atoms with E-state index in [-0.39, 0.29) is 25.8 Å². The SMILES string of the molecule is CS(=O)CCCNC(=O)NCCOCC(=O)O. The van der Waals surface area contributed by atoms with Gasteiger partial charge in [-0.25, -0.2) is 9.59 Å². The number of amides is 2. The van der Waals surface area contributed by atoms with Crippen LogP contribution in [0.1, 0.15) is 6.42 Å². The second kappa shape index (κ2) is 10.0. The highest BCUT2D eigenvalue weighted by Crippen LogP contribution is 1.81. The van der Waals surface area contributed by atoms with E-state index < -0.39 is 16.8 Å². The summed E-state index contributed by atoms with van der Waals surface area (Å²) in [6, 6.07) is -0.342. The third-order valence-electron chi connectivity index (χ3n) is 1.65. The highest BCUT2D eigenvalue weighted by atomic mass is 32.2. The normalized spacial score (nSPS) is 11.8. The van der Waals surface area contributed by atoms with E-state index in [0.29, 0.717) is 18.7 Å². The summed E-state index contributed by atoms with van der Waals surface area (Å²) >= 11 is 0. The Morgan fingerprint density at radius 3 is 2.53 bits per heavy atom. The van der Waals surface area contributed by atoms with Crippen molar-refractivity contribution in [2.45, 2.75) is 6.42 Å². The van der Waals surface area contributed by atoms with Crippen LogP contribution in [-0.4, -0.2) is 59.6 Å². The minimum Gasteiger partial charge on any atom is -0.480 e. The number of carboxylic acid groups (broad SMARTS) is 1. The largest absolute Gasteiger partial charge is 0.480 e. The highest BCUT2D eigenvalue weighted by molar-refractivity contribution is 7.84. The molecule has 0 saturated heterocycles. The van der Waals surface area contributed by atoms with E-state index in [9.17, 15) is 13.8 Å². The molecule has 1 unspecified atom stereocenters. The molecule has 0 aliphatic rings. The molecule has 0 aliphatic heterocycles. The van der Waals surface area contributed by atoms with E-state index in [1.165, 1.54) is 0 Å². The molecule has 17 heavy (non-hydrogen) atoms. The van der Waals surface area contributed by atoms with Crippen molar-refractivity contribution in [3.05, 3.63) is 0 Å². The van der Waals surface area contributed by atoms with Gasteiger partial charge in [0.2, 0.25) is 0 Å². The van der Waals surface area contributed by atoms with Crippen molar-refractivity contribution in [3.8, 4) is 0 Å². The monoisotopic (exact) mass is 266 g/mol. The van der Waals surface area contributed by atoms with Crippen LogP contribution >= 0.6 is 0 Å². The number of carbonyl (C=O) groups excluding carboxylic acids is 1. The Morgan fingerprint density at radius 2 is 1.94 bits per heavy atom. The summed E-state index contributed by atoms with van der Waals surface area (Å²) in [6.07, 6.45) is 2.27. The zero-order valence-electron chi connectivity index (χ0n) is 9.73. The number of carboxylic acids is 1. The molecule has 0 bridgehead atoms. The highest BCUT2D eigenvalue weighted by Gasteiger charge is 2.00. The molecule has 0 aromatic heterocycles. The molecular weight excluding hydrogens is 248 g/mol. The molecule has 0 spiro atoms. The van der Waals surface area contributed by atoms with Crippen LogP contribution in [0.4, 0.5) is 4.79 Å². The lowest BCUT2D eigenvalue weighted by atomic mass is 10.5. The summed E-state index contributed by atoms with van der Waals surface area (Å²) in [7, 11) is -0.840. The number of ether oxygens (including phenoxy) is 1. The van der Waals surface area contributed by atoms with Crippen LogP contribution in [0, 0.1) is 0 Å². The topological polar surface area (TPSA) is 105 Å². The Balaban J connectivity index is 3.29. The third kappa shape index (κ3) is 12.8. The fraction of sp³-hybridized carbons (Fsp3) is 0.778. The average molecular weight is 266 g/mol. The van der Waals surface area contributed by atoms with Crippen molar-refractivity contribution in [2.24, 2.45) is 0 Å². The summed E-state index contributed by atoms with van der Waals surface area (Å²) in [4.78, 5) is 21.2. The van der Waals surface area contributed by atoms with Gasteiger partial charge in [0.05, 0.1) is 6.61 Å². The van der Waals surface area contributed by atoms with E-state index >= 15 is 0 Å². The predicted molar refractivity (Wildman–Crippen MR) is 63.4 cm³/mol. The molecular formula is C9H18N2O5S. The van der Waals surface area contributed by atoms with Crippen molar-refractivity contribution in [2.75, 3.05) is 38.3 Å². The van der Waals surface area contributed by atoms with Crippen LogP contribution in [0.5, 0.6) is 0 Å². The van der Waals surface area contributed by atoms with Gasteiger partial charge in [0.25, 0.3) is 0 Å². The van der Waals surface area contributed by atoms with Crippen LogP contribution in [0.2, 0.25) is 0 Å². The number of aliphatic carboxylic acids is 1. The minimum absolute atomic E-state index is 0.151. The van der Waals surface area contributed by atoms with Crippen molar-refractivity contribution in [1.29, 1.82) is 0 Å². The van der Waals surface area contributed by atoms with Crippen LogP contribution < -0.4 is 10.6 Å². The van der Waals surface area contributed by atoms with Gasteiger partial charge in [-0.1, -0.05) is 0 Å². The van der Waals surface area contributed by atoms with E-state index in [1.807, 2.05) is 0 Å². The van der Waals surface area contributed by atoms with Crippen molar-refractivity contribution < 1.29 is 23.6 Å². The standard InChI is InChI=1S/C9H18N2O5S/c1-17(15)6-2-3-10-9(14)11-4-5-16-7-8(12)13/h2-7H2,1H3,(H,12,13)(H2,10,11,14). The second-order valence-corrected chi connectivity index (χ2v) is 4.81. The first-order valence-electron chi connectivity index (χ1n) is 5.13. The average Bonchev–Trinajstić information content (AvgIpc) is 2.23. The Morgan fingerprint density at radius 1 is 1.29 bits per heavy atom. The van der Waals surface area contributed by atoms with Gasteiger partial charge >= 0.3 is 12.0 Å². The van der Waals surface area contributed by atoms with Crippen LogP contribution in [0.3, 0.4) is 0 Å². The smallest absolute Gasteiger partial charge is 0.329 e. The van der Waals surface area contributed by atoms with Gasteiger partial charge < -0.3 is 20.5 Å². The Kier molecular flexibility index (Phi) is 9.35. The number of hydrogen-bond donors (Lipinski definition) is 3. The first-order valence-corrected chi connectivity index (χ1v) is 6.86. The molecule has 7 nitrogen and oxygen atoms in total. The maximum atomic E-state index is 11.1. The third-order valence-corrected chi connectivity index (χ3v) is 2.52. The molecule has 8 heteroatoms. The molecule has 3 N–H and O–H groups in total. The maximum absolute atomic E-state index is 11.1. The molecule has 0 aromatic rings. The molecule has 0 radical (unpaired) electrons.